The number of hydrogen-bond acceptors (Lipinski definition) is 3. The summed E-state index contributed by atoms with van der Waals surface area (Å²) in [4.78, 5) is 24.1. The lowest BCUT2D eigenvalue weighted by Gasteiger charge is -2.11. The van der Waals surface area contributed by atoms with Crippen LogP contribution in [0.2, 0.25) is 0 Å². The van der Waals surface area contributed by atoms with Crippen molar-refractivity contribution >= 4 is 11.9 Å². The fourth-order valence-electron chi connectivity index (χ4n) is 4.08. The molecule has 0 aromatic heterocycles. The molecule has 0 bridgehead atoms. The Hall–Kier alpha value is -1.84. The molecular weight excluding hydrogens is 400 g/mol. The van der Waals surface area contributed by atoms with E-state index < -0.39 is 11.9 Å². The lowest BCUT2D eigenvalue weighted by molar-refractivity contribution is 0.0489. The number of carboxylic acids is 1. The number of hydrogen-bond donors (Lipinski definition) is 1. The normalized spacial score (nSPS) is 11.1. The van der Waals surface area contributed by atoms with Gasteiger partial charge in [0.05, 0.1) is 17.7 Å². The maximum absolute atomic E-state index is 12.3. The molecule has 0 fully saturated rings. The summed E-state index contributed by atoms with van der Waals surface area (Å²) in [5.74, 6) is -0.744. The Kier molecular flexibility index (Phi) is 15.6. The van der Waals surface area contributed by atoms with Crippen LogP contribution >= 0.6 is 0 Å². The van der Waals surface area contributed by atoms with Crippen LogP contribution in [-0.4, -0.2) is 23.7 Å². The maximum atomic E-state index is 12.3. The largest absolute Gasteiger partial charge is 0.478 e. The minimum absolute atomic E-state index is 0.113. The molecule has 0 aliphatic carbocycles. The van der Waals surface area contributed by atoms with E-state index in [9.17, 15) is 14.7 Å². The van der Waals surface area contributed by atoms with E-state index in [1.165, 1.54) is 64.2 Å². The van der Waals surface area contributed by atoms with Gasteiger partial charge in [-0.25, -0.2) is 9.59 Å². The van der Waals surface area contributed by atoms with Crippen LogP contribution in [0.4, 0.5) is 0 Å². The molecule has 0 aliphatic heterocycles. The fourth-order valence-corrected chi connectivity index (χ4v) is 4.08. The Morgan fingerprint density at radius 3 is 1.94 bits per heavy atom. The molecule has 0 spiro atoms. The SMILES string of the molecule is CCCCOC(=O)c1cccc(CCCCCCCCCCCCCC(C)C)c1C(=O)O. The quantitative estimate of drug-likeness (QED) is 0.172. The first-order chi connectivity index (χ1) is 15.5. The van der Waals surface area contributed by atoms with E-state index in [0.717, 1.165) is 37.2 Å². The predicted octanol–water partition coefficient (Wildman–Crippen LogP) is 8.22. The van der Waals surface area contributed by atoms with Gasteiger partial charge in [-0.15, -0.1) is 0 Å². The predicted molar refractivity (Wildman–Crippen MR) is 133 cm³/mol. The number of esters is 1. The summed E-state index contributed by atoms with van der Waals surface area (Å²) in [5.41, 5.74) is 1.03. The number of rotatable bonds is 19. The average molecular weight is 447 g/mol. The molecule has 0 radical (unpaired) electrons. The monoisotopic (exact) mass is 446 g/mol. The van der Waals surface area contributed by atoms with Crippen molar-refractivity contribution in [1.29, 1.82) is 0 Å². The number of carboxylic acid groups (broad SMARTS) is 1. The van der Waals surface area contributed by atoms with Crippen molar-refractivity contribution in [2.75, 3.05) is 6.61 Å². The summed E-state index contributed by atoms with van der Waals surface area (Å²) in [6.07, 6.45) is 17.7. The van der Waals surface area contributed by atoms with Gasteiger partial charge in [0.15, 0.2) is 0 Å². The molecule has 0 heterocycles. The van der Waals surface area contributed by atoms with Gasteiger partial charge in [0, 0.05) is 0 Å². The summed E-state index contributed by atoms with van der Waals surface area (Å²) < 4.78 is 5.24. The Labute approximate surface area is 196 Å². The smallest absolute Gasteiger partial charge is 0.339 e. The zero-order valence-electron chi connectivity index (χ0n) is 20.8. The first-order valence-corrected chi connectivity index (χ1v) is 13.0. The van der Waals surface area contributed by atoms with Crippen molar-refractivity contribution in [3.05, 3.63) is 34.9 Å². The molecule has 0 saturated heterocycles. The van der Waals surface area contributed by atoms with Crippen molar-refractivity contribution in [1.82, 2.24) is 0 Å². The van der Waals surface area contributed by atoms with E-state index in [1.54, 1.807) is 12.1 Å². The number of aromatic carboxylic acids is 1. The molecule has 0 unspecified atom stereocenters. The third-order valence-corrected chi connectivity index (χ3v) is 6.04. The van der Waals surface area contributed by atoms with Gasteiger partial charge in [0.2, 0.25) is 0 Å². The zero-order valence-corrected chi connectivity index (χ0v) is 20.8. The van der Waals surface area contributed by atoms with Crippen LogP contribution in [0.3, 0.4) is 0 Å². The molecule has 1 aromatic rings. The molecule has 4 nitrogen and oxygen atoms in total. The molecule has 4 heteroatoms. The molecular formula is C28H46O4. The highest BCUT2D eigenvalue weighted by Crippen LogP contribution is 2.20. The second-order valence-corrected chi connectivity index (χ2v) is 9.46. The number of aryl methyl sites for hydroxylation is 1. The van der Waals surface area contributed by atoms with Crippen LogP contribution in [0, 0.1) is 5.92 Å². The molecule has 1 rings (SSSR count). The minimum atomic E-state index is -1.05. The molecule has 32 heavy (non-hydrogen) atoms. The van der Waals surface area contributed by atoms with Gasteiger partial charge in [-0.05, 0) is 36.8 Å². The highest BCUT2D eigenvalue weighted by Gasteiger charge is 2.21. The number of unbranched alkanes of at least 4 members (excludes halogenated alkanes) is 11. The third-order valence-electron chi connectivity index (χ3n) is 6.04. The summed E-state index contributed by atoms with van der Waals surface area (Å²) in [5, 5.41) is 9.67. The van der Waals surface area contributed by atoms with Crippen LogP contribution < -0.4 is 0 Å². The maximum Gasteiger partial charge on any atom is 0.339 e. The first kappa shape index (κ1) is 28.2. The number of carbonyl (C=O) groups is 2. The summed E-state index contributed by atoms with van der Waals surface area (Å²) in [6.45, 7) is 6.95. The van der Waals surface area contributed by atoms with E-state index in [-0.39, 0.29) is 11.1 Å². The Morgan fingerprint density at radius 2 is 1.41 bits per heavy atom. The standard InChI is InChI=1S/C28H46O4/c1-4-5-22-32-28(31)25-21-17-20-24(26(25)27(29)30)19-16-14-12-10-8-6-7-9-11-13-15-18-23(2)3/h17,20-21,23H,4-16,18-19,22H2,1-3H3,(H,29,30). The van der Waals surface area contributed by atoms with Gasteiger partial charge in [-0.1, -0.05) is 110 Å². The average Bonchev–Trinajstić information content (AvgIpc) is 2.76. The number of carbonyl (C=O) groups excluding carboxylic acids is 1. The van der Waals surface area contributed by atoms with Crippen molar-refractivity contribution in [2.24, 2.45) is 5.92 Å². The van der Waals surface area contributed by atoms with Crippen molar-refractivity contribution < 1.29 is 19.4 Å². The molecule has 0 amide bonds. The molecule has 1 N–H and O–H groups in total. The van der Waals surface area contributed by atoms with Gasteiger partial charge < -0.3 is 9.84 Å². The zero-order chi connectivity index (χ0) is 23.6. The van der Waals surface area contributed by atoms with E-state index >= 15 is 0 Å². The summed E-state index contributed by atoms with van der Waals surface area (Å²) >= 11 is 0. The first-order valence-electron chi connectivity index (χ1n) is 13.0. The van der Waals surface area contributed by atoms with Crippen LogP contribution in [0.5, 0.6) is 0 Å². The fraction of sp³-hybridized carbons (Fsp3) is 0.714. The molecule has 1 aromatic carbocycles. The third kappa shape index (κ3) is 12.3. The van der Waals surface area contributed by atoms with E-state index in [2.05, 4.69) is 13.8 Å². The summed E-state index contributed by atoms with van der Waals surface area (Å²) in [7, 11) is 0. The molecule has 182 valence electrons. The van der Waals surface area contributed by atoms with Crippen molar-refractivity contribution in [2.45, 2.75) is 117 Å². The Balaban J connectivity index is 2.25. The molecule has 0 saturated carbocycles. The van der Waals surface area contributed by atoms with Gasteiger partial charge in [0.1, 0.15) is 0 Å². The molecule has 0 aliphatic rings. The van der Waals surface area contributed by atoms with E-state index in [4.69, 9.17) is 4.74 Å². The summed E-state index contributed by atoms with van der Waals surface area (Å²) in [6, 6.07) is 5.15. The lowest BCUT2D eigenvalue weighted by Crippen LogP contribution is -2.14. The Morgan fingerprint density at radius 1 is 0.844 bits per heavy atom. The Bertz CT molecular complexity index is 651. The van der Waals surface area contributed by atoms with E-state index in [0.29, 0.717) is 13.0 Å². The van der Waals surface area contributed by atoms with Crippen LogP contribution in [0.25, 0.3) is 0 Å². The van der Waals surface area contributed by atoms with Crippen LogP contribution in [-0.2, 0) is 11.2 Å². The molecule has 0 atom stereocenters. The number of ether oxygens (including phenoxy) is 1. The van der Waals surface area contributed by atoms with Gasteiger partial charge >= 0.3 is 11.9 Å². The van der Waals surface area contributed by atoms with Crippen molar-refractivity contribution in [3.8, 4) is 0 Å². The van der Waals surface area contributed by atoms with Gasteiger partial charge in [-0.3, -0.25) is 0 Å². The van der Waals surface area contributed by atoms with Crippen LogP contribution in [0.1, 0.15) is 137 Å². The highest BCUT2D eigenvalue weighted by atomic mass is 16.5. The highest BCUT2D eigenvalue weighted by molar-refractivity contribution is 6.03. The van der Waals surface area contributed by atoms with E-state index in [1.807, 2.05) is 13.0 Å². The van der Waals surface area contributed by atoms with Crippen LogP contribution in [0.15, 0.2) is 18.2 Å². The second-order valence-electron chi connectivity index (χ2n) is 9.46. The van der Waals surface area contributed by atoms with Gasteiger partial charge in [0.25, 0.3) is 0 Å². The number of benzene rings is 1. The minimum Gasteiger partial charge on any atom is -0.478 e. The lowest BCUT2D eigenvalue weighted by atomic mass is 9.96. The van der Waals surface area contributed by atoms with Gasteiger partial charge in [-0.2, -0.15) is 0 Å². The topological polar surface area (TPSA) is 63.6 Å². The van der Waals surface area contributed by atoms with Crippen molar-refractivity contribution in [3.63, 3.8) is 0 Å². The second kappa shape index (κ2) is 17.7.